The zero-order valence-electron chi connectivity index (χ0n) is 15.2. The molecule has 3 aromatic rings. The van der Waals surface area contributed by atoms with Crippen LogP contribution in [0.3, 0.4) is 0 Å². The van der Waals surface area contributed by atoms with Gasteiger partial charge in [-0.2, -0.15) is 13.2 Å². The van der Waals surface area contributed by atoms with E-state index >= 15 is 0 Å². The second-order valence-corrected chi connectivity index (χ2v) is 6.57. The Kier molecular flexibility index (Phi) is 4.62. The fraction of sp³-hybridized carbons (Fsp3) is 0.0455. The highest BCUT2D eigenvalue weighted by Crippen LogP contribution is 2.31. The van der Waals surface area contributed by atoms with E-state index < -0.39 is 29.5 Å². The van der Waals surface area contributed by atoms with Crippen molar-refractivity contribution < 1.29 is 27.6 Å². The minimum absolute atomic E-state index is 0.170. The Hall–Kier alpha value is -3.94. The number of anilines is 2. The number of halogens is 3. The molecule has 0 bridgehead atoms. The maximum Gasteiger partial charge on any atom is 0.416 e. The van der Waals surface area contributed by atoms with Crippen LogP contribution in [0.4, 0.5) is 24.5 Å². The molecule has 3 aromatic carbocycles. The third kappa shape index (κ3) is 3.43. The van der Waals surface area contributed by atoms with Gasteiger partial charge in [-0.15, -0.1) is 0 Å². The van der Waals surface area contributed by atoms with E-state index in [1.165, 1.54) is 30.3 Å². The first-order valence-electron chi connectivity index (χ1n) is 8.82. The number of alkyl halides is 3. The van der Waals surface area contributed by atoms with Gasteiger partial charge in [-0.3, -0.25) is 14.4 Å². The van der Waals surface area contributed by atoms with Gasteiger partial charge in [0.05, 0.1) is 22.4 Å². The number of hydrogen-bond acceptors (Lipinski definition) is 3. The molecule has 30 heavy (non-hydrogen) atoms. The summed E-state index contributed by atoms with van der Waals surface area (Å²) in [6.45, 7) is 0. The van der Waals surface area contributed by atoms with Crippen LogP contribution in [0.2, 0.25) is 0 Å². The van der Waals surface area contributed by atoms with Gasteiger partial charge in [-0.1, -0.05) is 24.3 Å². The average molecular weight is 410 g/mol. The molecule has 1 aliphatic rings. The van der Waals surface area contributed by atoms with Gasteiger partial charge in [0.2, 0.25) is 0 Å². The fourth-order valence-electron chi connectivity index (χ4n) is 3.19. The van der Waals surface area contributed by atoms with Crippen molar-refractivity contribution >= 4 is 29.1 Å². The predicted octanol–water partition coefficient (Wildman–Crippen LogP) is 4.76. The van der Waals surface area contributed by atoms with Gasteiger partial charge < -0.3 is 5.32 Å². The standard InChI is InChI=1S/C22H13F3N2O3/c23-22(24,25)14-6-3-5-13(11-14)19(28)26-15-7-4-8-16(12-15)27-20(29)17-9-1-2-10-18(17)21(27)30/h1-12H,(H,26,28). The van der Waals surface area contributed by atoms with Crippen molar-refractivity contribution in [2.75, 3.05) is 10.2 Å². The summed E-state index contributed by atoms with van der Waals surface area (Å²) in [5.74, 6) is -1.73. The number of rotatable bonds is 3. The van der Waals surface area contributed by atoms with Crippen molar-refractivity contribution in [3.63, 3.8) is 0 Å². The summed E-state index contributed by atoms with van der Waals surface area (Å²) < 4.78 is 38.6. The topological polar surface area (TPSA) is 66.5 Å². The zero-order valence-corrected chi connectivity index (χ0v) is 15.2. The van der Waals surface area contributed by atoms with Gasteiger partial charge in [0.15, 0.2) is 0 Å². The summed E-state index contributed by atoms with van der Waals surface area (Å²) in [7, 11) is 0. The van der Waals surface area contributed by atoms with Crippen LogP contribution in [-0.4, -0.2) is 17.7 Å². The minimum atomic E-state index is -4.57. The summed E-state index contributed by atoms with van der Waals surface area (Å²) in [6.07, 6.45) is -4.57. The molecule has 1 heterocycles. The van der Waals surface area contributed by atoms with E-state index in [0.29, 0.717) is 0 Å². The number of carbonyl (C=O) groups excluding carboxylic acids is 3. The van der Waals surface area contributed by atoms with Crippen molar-refractivity contribution in [2.45, 2.75) is 6.18 Å². The van der Waals surface area contributed by atoms with Crippen molar-refractivity contribution in [3.05, 3.63) is 95.1 Å². The van der Waals surface area contributed by atoms with Crippen LogP contribution in [0.5, 0.6) is 0 Å². The maximum absolute atomic E-state index is 12.9. The van der Waals surface area contributed by atoms with Gasteiger partial charge >= 0.3 is 6.18 Å². The Morgan fingerprint density at radius 1 is 0.800 bits per heavy atom. The van der Waals surface area contributed by atoms with E-state index in [-0.39, 0.29) is 28.1 Å². The van der Waals surface area contributed by atoms with E-state index in [9.17, 15) is 27.6 Å². The molecule has 0 saturated carbocycles. The van der Waals surface area contributed by atoms with Crippen LogP contribution in [0.25, 0.3) is 0 Å². The second kappa shape index (κ2) is 7.14. The Bertz CT molecular complexity index is 1150. The molecule has 150 valence electrons. The van der Waals surface area contributed by atoms with Gasteiger partial charge in [-0.25, -0.2) is 4.90 Å². The third-order valence-corrected chi connectivity index (χ3v) is 4.61. The number of nitrogens with one attached hydrogen (secondary N) is 1. The zero-order chi connectivity index (χ0) is 21.5. The van der Waals surface area contributed by atoms with Crippen molar-refractivity contribution in [2.24, 2.45) is 0 Å². The molecule has 0 radical (unpaired) electrons. The molecule has 1 N–H and O–H groups in total. The number of imide groups is 1. The number of amides is 3. The Balaban J connectivity index is 1.59. The number of nitrogens with zero attached hydrogens (tertiary/aromatic N) is 1. The van der Waals surface area contributed by atoms with Gasteiger partial charge in [0.25, 0.3) is 17.7 Å². The van der Waals surface area contributed by atoms with E-state index in [2.05, 4.69) is 5.32 Å². The molecule has 0 atom stereocenters. The van der Waals surface area contributed by atoms with Crippen LogP contribution >= 0.6 is 0 Å². The molecule has 0 unspecified atom stereocenters. The summed E-state index contributed by atoms with van der Waals surface area (Å²) >= 11 is 0. The molecular weight excluding hydrogens is 397 g/mol. The van der Waals surface area contributed by atoms with Crippen LogP contribution in [0, 0.1) is 0 Å². The molecule has 0 aromatic heterocycles. The monoisotopic (exact) mass is 410 g/mol. The molecule has 0 saturated heterocycles. The van der Waals surface area contributed by atoms with E-state index in [1.54, 1.807) is 24.3 Å². The van der Waals surface area contributed by atoms with E-state index in [1.807, 2.05) is 0 Å². The Labute approximate surface area is 168 Å². The first-order valence-corrected chi connectivity index (χ1v) is 8.82. The Morgan fingerprint density at radius 2 is 1.43 bits per heavy atom. The lowest BCUT2D eigenvalue weighted by Gasteiger charge is -2.15. The molecule has 0 fully saturated rings. The van der Waals surface area contributed by atoms with Crippen molar-refractivity contribution in [1.29, 1.82) is 0 Å². The molecule has 4 rings (SSSR count). The smallest absolute Gasteiger partial charge is 0.322 e. The van der Waals surface area contributed by atoms with Crippen LogP contribution in [-0.2, 0) is 6.18 Å². The number of carbonyl (C=O) groups is 3. The first kappa shape index (κ1) is 19.4. The van der Waals surface area contributed by atoms with Crippen LogP contribution in [0.15, 0.2) is 72.8 Å². The average Bonchev–Trinajstić information content (AvgIpc) is 2.98. The van der Waals surface area contributed by atoms with E-state index in [4.69, 9.17) is 0 Å². The largest absolute Gasteiger partial charge is 0.416 e. The summed E-state index contributed by atoms with van der Waals surface area (Å²) in [6, 6.07) is 16.4. The lowest BCUT2D eigenvalue weighted by atomic mass is 10.1. The number of hydrogen-bond donors (Lipinski definition) is 1. The quantitative estimate of drug-likeness (QED) is 0.634. The van der Waals surface area contributed by atoms with Crippen LogP contribution < -0.4 is 10.2 Å². The predicted molar refractivity (Wildman–Crippen MR) is 103 cm³/mol. The summed E-state index contributed by atoms with van der Waals surface area (Å²) in [4.78, 5) is 38.6. The van der Waals surface area contributed by atoms with Crippen molar-refractivity contribution in [1.82, 2.24) is 0 Å². The minimum Gasteiger partial charge on any atom is -0.322 e. The SMILES string of the molecule is O=C(Nc1cccc(N2C(=O)c3ccccc3C2=O)c1)c1cccc(C(F)(F)F)c1. The Morgan fingerprint density at radius 3 is 2.07 bits per heavy atom. The van der Waals surface area contributed by atoms with Gasteiger partial charge in [0, 0.05) is 11.3 Å². The molecule has 3 amide bonds. The van der Waals surface area contributed by atoms with Gasteiger partial charge in [0.1, 0.15) is 0 Å². The molecule has 8 heteroatoms. The van der Waals surface area contributed by atoms with Crippen LogP contribution in [0.1, 0.15) is 36.6 Å². The molecule has 1 aliphatic heterocycles. The summed E-state index contributed by atoms with van der Waals surface area (Å²) in [5, 5.41) is 2.50. The fourth-order valence-corrected chi connectivity index (χ4v) is 3.19. The van der Waals surface area contributed by atoms with Gasteiger partial charge in [-0.05, 0) is 48.5 Å². The molecule has 0 spiro atoms. The number of fused-ring (bicyclic) bond motifs is 1. The molecule has 0 aliphatic carbocycles. The molecular formula is C22H13F3N2O3. The highest BCUT2D eigenvalue weighted by molar-refractivity contribution is 6.34. The molecule has 5 nitrogen and oxygen atoms in total. The van der Waals surface area contributed by atoms with E-state index in [0.717, 1.165) is 23.1 Å². The highest BCUT2D eigenvalue weighted by atomic mass is 19.4. The lowest BCUT2D eigenvalue weighted by molar-refractivity contribution is -0.137. The first-order chi connectivity index (χ1) is 14.3. The van der Waals surface area contributed by atoms with Crippen molar-refractivity contribution in [3.8, 4) is 0 Å². The normalized spacial score (nSPS) is 13.4. The summed E-state index contributed by atoms with van der Waals surface area (Å²) in [5.41, 5.74) is -0.0813. The number of benzene rings is 3. The highest BCUT2D eigenvalue weighted by Gasteiger charge is 2.36. The second-order valence-electron chi connectivity index (χ2n) is 6.57. The third-order valence-electron chi connectivity index (χ3n) is 4.61. The maximum atomic E-state index is 12.9. The lowest BCUT2D eigenvalue weighted by Crippen LogP contribution is -2.29.